The van der Waals surface area contributed by atoms with E-state index in [0.717, 1.165) is 23.1 Å². The number of nitrogens with two attached hydrogens (primary N) is 1. The van der Waals surface area contributed by atoms with Crippen LogP contribution in [0.5, 0.6) is 5.75 Å². The summed E-state index contributed by atoms with van der Waals surface area (Å²) in [6.45, 7) is 0.346. The predicted molar refractivity (Wildman–Crippen MR) is 116 cm³/mol. The number of nitrogen functional groups attached to an aromatic ring is 1. The van der Waals surface area contributed by atoms with Gasteiger partial charge in [-0.15, -0.1) is 0 Å². The molecule has 0 spiro atoms. The Hall–Kier alpha value is -3.74. The lowest BCUT2D eigenvalue weighted by Gasteiger charge is -2.27. The summed E-state index contributed by atoms with van der Waals surface area (Å²) in [6, 6.07) is 19.9. The number of alkyl halides is 3. The lowest BCUT2D eigenvalue weighted by molar-refractivity contribution is -0.137. The topological polar surface area (TPSA) is 51.4 Å². The van der Waals surface area contributed by atoms with Crippen LogP contribution in [0.15, 0.2) is 79.0 Å². The highest BCUT2D eigenvalue weighted by molar-refractivity contribution is 5.99. The molecule has 0 saturated carbocycles. The number of hydrogen-bond donors (Lipinski definition) is 1. The molecule has 0 bridgehead atoms. The number of halogens is 3. The molecule has 0 radical (unpaired) electrons. The quantitative estimate of drug-likeness (QED) is 0.389. The van der Waals surface area contributed by atoms with Crippen LogP contribution < -0.4 is 15.4 Å². The van der Waals surface area contributed by atoms with Gasteiger partial charge in [0.25, 0.3) is 0 Å². The van der Waals surface area contributed by atoms with Crippen LogP contribution >= 0.6 is 0 Å². The van der Waals surface area contributed by atoms with Gasteiger partial charge >= 0.3 is 6.18 Å². The number of para-hydroxylation sites is 1. The van der Waals surface area contributed by atoms with Crippen molar-refractivity contribution in [2.45, 2.75) is 12.7 Å². The van der Waals surface area contributed by atoms with Crippen molar-refractivity contribution in [1.29, 1.82) is 0 Å². The summed E-state index contributed by atoms with van der Waals surface area (Å²) in [6.07, 6.45) is -2.82. The number of fused-ring (bicyclic) bond motifs is 1. The number of nitrogens with zero attached hydrogens (tertiary/aromatic N) is 2. The molecule has 0 amide bonds. The minimum Gasteiger partial charge on any atom is -0.497 e. The molecule has 1 heterocycles. The van der Waals surface area contributed by atoms with E-state index in [1.54, 1.807) is 37.6 Å². The van der Waals surface area contributed by atoms with E-state index in [2.05, 4.69) is 4.98 Å². The largest absolute Gasteiger partial charge is 0.497 e. The Kier molecular flexibility index (Phi) is 5.42. The number of methoxy groups -OCH3 is 1. The number of pyridine rings is 1. The van der Waals surface area contributed by atoms with Crippen molar-refractivity contribution in [2.24, 2.45) is 0 Å². The fourth-order valence-electron chi connectivity index (χ4n) is 3.50. The van der Waals surface area contributed by atoms with Crippen LogP contribution in [0.4, 0.5) is 30.2 Å². The Morgan fingerprint density at radius 3 is 2.42 bits per heavy atom. The summed E-state index contributed by atoms with van der Waals surface area (Å²) in [5, 5.41) is 0.758. The van der Waals surface area contributed by atoms with E-state index < -0.39 is 11.7 Å². The molecule has 3 aromatic carbocycles. The third kappa shape index (κ3) is 4.26. The molecule has 4 rings (SSSR count). The average molecular weight is 423 g/mol. The molecule has 0 saturated heterocycles. The van der Waals surface area contributed by atoms with E-state index in [-0.39, 0.29) is 0 Å². The van der Waals surface area contributed by atoms with Crippen molar-refractivity contribution in [1.82, 2.24) is 4.98 Å². The van der Waals surface area contributed by atoms with Gasteiger partial charge in [0.1, 0.15) is 5.75 Å². The van der Waals surface area contributed by atoms with Crippen molar-refractivity contribution in [2.75, 3.05) is 17.7 Å². The Bertz CT molecular complexity index is 1210. The van der Waals surface area contributed by atoms with Gasteiger partial charge < -0.3 is 15.4 Å². The molecule has 31 heavy (non-hydrogen) atoms. The molecule has 0 fully saturated rings. The summed E-state index contributed by atoms with van der Waals surface area (Å²) < 4.78 is 45.4. The second-order valence-corrected chi connectivity index (χ2v) is 7.06. The van der Waals surface area contributed by atoms with Gasteiger partial charge in [0, 0.05) is 23.8 Å². The molecular formula is C24H20F3N3O. The minimum atomic E-state index is -4.44. The molecule has 0 aliphatic rings. The van der Waals surface area contributed by atoms with Crippen molar-refractivity contribution < 1.29 is 17.9 Å². The van der Waals surface area contributed by atoms with E-state index in [9.17, 15) is 13.2 Å². The van der Waals surface area contributed by atoms with Crippen LogP contribution in [0.1, 0.15) is 11.1 Å². The summed E-state index contributed by atoms with van der Waals surface area (Å²) >= 11 is 0. The monoisotopic (exact) mass is 423 g/mol. The van der Waals surface area contributed by atoms with E-state index in [4.69, 9.17) is 10.5 Å². The first kappa shape index (κ1) is 20.5. The van der Waals surface area contributed by atoms with Gasteiger partial charge in [-0.3, -0.25) is 4.98 Å². The zero-order valence-electron chi connectivity index (χ0n) is 16.7. The highest BCUT2D eigenvalue weighted by Gasteiger charge is 2.31. The average Bonchev–Trinajstić information content (AvgIpc) is 2.77. The van der Waals surface area contributed by atoms with Gasteiger partial charge in [-0.05, 0) is 48.0 Å². The summed E-state index contributed by atoms with van der Waals surface area (Å²) in [4.78, 5) is 6.19. The number of ether oxygens (including phenoxy) is 1. The number of aromatic nitrogens is 1. The molecule has 7 heteroatoms. The number of benzene rings is 3. The first-order valence-electron chi connectivity index (χ1n) is 9.58. The van der Waals surface area contributed by atoms with E-state index in [1.165, 1.54) is 6.07 Å². The second kappa shape index (κ2) is 8.18. The SMILES string of the molecule is COc1ccc(CN(c2cccc(C(F)(F)F)c2)c2ccnc3c(N)cccc23)cc1. The lowest BCUT2D eigenvalue weighted by Crippen LogP contribution is -2.18. The van der Waals surface area contributed by atoms with Crippen LogP contribution in [0, 0.1) is 0 Å². The molecule has 4 nitrogen and oxygen atoms in total. The van der Waals surface area contributed by atoms with Crippen LogP contribution in [0.25, 0.3) is 10.9 Å². The van der Waals surface area contributed by atoms with E-state index >= 15 is 0 Å². The Morgan fingerprint density at radius 2 is 1.71 bits per heavy atom. The smallest absolute Gasteiger partial charge is 0.416 e. The first-order valence-corrected chi connectivity index (χ1v) is 9.58. The van der Waals surface area contributed by atoms with E-state index in [1.807, 2.05) is 35.2 Å². The summed E-state index contributed by atoms with van der Waals surface area (Å²) in [7, 11) is 1.58. The summed E-state index contributed by atoms with van der Waals surface area (Å²) in [5.41, 5.74) is 8.53. The maximum absolute atomic E-state index is 13.4. The Labute approximate surface area is 177 Å². The molecular weight excluding hydrogens is 403 g/mol. The molecule has 0 unspecified atom stereocenters. The maximum atomic E-state index is 13.4. The fourth-order valence-corrected chi connectivity index (χ4v) is 3.50. The zero-order valence-corrected chi connectivity index (χ0v) is 16.7. The van der Waals surface area contributed by atoms with Gasteiger partial charge in [-0.2, -0.15) is 13.2 Å². The summed E-state index contributed by atoms with van der Waals surface area (Å²) in [5.74, 6) is 0.705. The zero-order chi connectivity index (χ0) is 22.0. The molecule has 4 aromatic rings. The second-order valence-electron chi connectivity index (χ2n) is 7.06. The van der Waals surface area contributed by atoms with Gasteiger partial charge in [0.15, 0.2) is 0 Å². The third-order valence-corrected chi connectivity index (χ3v) is 5.05. The number of rotatable bonds is 5. The Morgan fingerprint density at radius 1 is 0.968 bits per heavy atom. The number of anilines is 3. The molecule has 0 aliphatic heterocycles. The third-order valence-electron chi connectivity index (χ3n) is 5.05. The van der Waals surface area contributed by atoms with Gasteiger partial charge in [-0.1, -0.05) is 30.3 Å². The van der Waals surface area contributed by atoms with Crippen molar-refractivity contribution in [3.05, 3.63) is 90.1 Å². The van der Waals surface area contributed by atoms with Crippen molar-refractivity contribution in [3.8, 4) is 5.75 Å². The molecule has 0 atom stereocenters. The Balaban J connectivity index is 1.87. The van der Waals surface area contributed by atoms with Gasteiger partial charge in [0.05, 0.1) is 29.6 Å². The lowest BCUT2D eigenvalue weighted by atomic mass is 10.1. The van der Waals surface area contributed by atoms with Gasteiger partial charge in [0.2, 0.25) is 0 Å². The first-order chi connectivity index (χ1) is 14.9. The van der Waals surface area contributed by atoms with Crippen LogP contribution in [-0.4, -0.2) is 12.1 Å². The molecule has 1 aromatic heterocycles. The normalized spacial score (nSPS) is 11.5. The van der Waals surface area contributed by atoms with Crippen LogP contribution in [0.2, 0.25) is 0 Å². The molecule has 0 aliphatic carbocycles. The van der Waals surface area contributed by atoms with Crippen molar-refractivity contribution in [3.63, 3.8) is 0 Å². The molecule has 158 valence electrons. The highest BCUT2D eigenvalue weighted by atomic mass is 19.4. The fraction of sp³-hybridized carbons (Fsp3) is 0.125. The highest BCUT2D eigenvalue weighted by Crippen LogP contribution is 2.37. The minimum absolute atomic E-state index is 0.346. The molecule has 2 N–H and O–H groups in total. The number of hydrogen-bond acceptors (Lipinski definition) is 4. The van der Waals surface area contributed by atoms with E-state index in [0.29, 0.717) is 34.9 Å². The van der Waals surface area contributed by atoms with Crippen molar-refractivity contribution >= 4 is 28.0 Å². The maximum Gasteiger partial charge on any atom is 0.416 e. The predicted octanol–water partition coefficient (Wildman–Crippen LogP) is 6.18. The van der Waals surface area contributed by atoms with Crippen LogP contribution in [0.3, 0.4) is 0 Å². The van der Waals surface area contributed by atoms with Crippen LogP contribution in [-0.2, 0) is 12.7 Å². The standard InChI is InChI=1S/C24H20F3N3O/c1-31-19-10-8-16(9-11-19)15-30(18-5-2-4-17(14-18)24(25,26)27)22-12-13-29-23-20(22)6-3-7-21(23)28/h2-14H,15,28H2,1H3. The van der Waals surface area contributed by atoms with Gasteiger partial charge in [-0.25, -0.2) is 0 Å².